The molecule has 0 radical (unpaired) electrons. The largest absolute Gasteiger partial charge is 0.394 e. The van der Waals surface area contributed by atoms with Crippen LogP contribution in [0.3, 0.4) is 0 Å². The molecule has 1 atom stereocenters. The van der Waals surface area contributed by atoms with E-state index in [-0.39, 0.29) is 12.6 Å². The Morgan fingerprint density at radius 2 is 2.05 bits per heavy atom. The maximum absolute atomic E-state index is 9.55. The van der Waals surface area contributed by atoms with Gasteiger partial charge in [-0.15, -0.1) is 10.2 Å². The lowest BCUT2D eigenvalue weighted by Crippen LogP contribution is -2.25. The number of aryl methyl sites for hydroxylation is 1. The van der Waals surface area contributed by atoms with Gasteiger partial charge in [-0.25, -0.2) is 0 Å². The van der Waals surface area contributed by atoms with Crippen LogP contribution in [0.5, 0.6) is 0 Å². The summed E-state index contributed by atoms with van der Waals surface area (Å²) in [5, 5.41) is 21.3. The Bertz CT molecular complexity index is 563. The molecule has 5 nitrogen and oxygen atoms in total. The Balaban J connectivity index is 1.69. The van der Waals surface area contributed by atoms with Crippen LogP contribution in [0.4, 0.5) is 0 Å². The van der Waals surface area contributed by atoms with Crippen molar-refractivity contribution in [3.63, 3.8) is 0 Å². The summed E-state index contributed by atoms with van der Waals surface area (Å²) in [6, 6.07) is 10.5. The number of aliphatic hydroxyl groups excluding tert-OH is 1. The molecule has 0 saturated heterocycles. The predicted octanol–water partition coefficient (Wildman–Crippen LogP) is 1.74. The van der Waals surface area contributed by atoms with E-state index >= 15 is 0 Å². The molecule has 1 saturated carbocycles. The summed E-state index contributed by atoms with van der Waals surface area (Å²) in [7, 11) is 0. The molecule has 1 aromatic carbocycles. The van der Waals surface area contributed by atoms with Crippen molar-refractivity contribution >= 4 is 0 Å². The maximum atomic E-state index is 9.55. The molecule has 2 aromatic rings. The quantitative estimate of drug-likeness (QED) is 0.841. The van der Waals surface area contributed by atoms with Crippen LogP contribution in [0, 0.1) is 6.92 Å². The van der Waals surface area contributed by atoms with Crippen molar-refractivity contribution in [1.82, 2.24) is 20.1 Å². The van der Waals surface area contributed by atoms with Crippen molar-refractivity contribution in [3.05, 3.63) is 47.5 Å². The molecular weight excluding hydrogens is 252 g/mol. The molecule has 5 heteroatoms. The smallest absolute Gasteiger partial charge is 0.147 e. The second-order valence-corrected chi connectivity index (χ2v) is 5.29. The molecule has 0 amide bonds. The number of benzene rings is 1. The molecule has 1 aliphatic rings. The van der Waals surface area contributed by atoms with Crippen LogP contribution in [0.1, 0.15) is 42.1 Å². The fourth-order valence-corrected chi connectivity index (χ4v) is 2.53. The molecule has 1 unspecified atom stereocenters. The fourth-order valence-electron chi connectivity index (χ4n) is 2.53. The number of nitrogens with one attached hydrogen (secondary N) is 1. The van der Waals surface area contributed by atoms with E-state index in [2.05, 4.69) is 20.1 Å². The summed E-state index contributed by atoms with van der Waals surface area (Å²) >= 11 is 0. The Hall–Kier alpha value is -1.72. The highest BCUT2D eigenvalue weighted by atomic mass is 16.3. The molecule has 2 N–H and O–H groups in total. The van der Waals surface area contributed by atoms with Gasteiger partial charge in [0.1, 0.15) is 11.6 Å². The first-order valence-corrected chi connectivity index (χ1v) is 7.09. The van der Waals surface area contributed by atoms with Crippen molar-refractivity contribution in [1.29, 1.82) is 0 Å². The Morgan fingerprint density at radius 1 is 1.30 bits per heavy atom. The number of aliphatic hydroxyl groups is 1. The van der Waals surface area contributed by atoms with Crippen LogP contribution in [-0.4, -0.2) is 26.5 Å². The van der Waals surface area contributed by atoms with E-state index in [1.807, 2.05) is 37.3 Å². The first kappa shape index (κ1) is 13.3. The van der Waals surface area contributed by atoms with Crippen LogP contribution in [-0.2, 0) is 6.54 Å². The monoisotopic (exact) mass is 272 g/mol. The van der Waals surface area contributed by atoms with E-state index in [9.17, 15) is 5.11 Å². The Morgan fingerprint density at radius 3 is 2.70 bits per heavy atom. The number of aromatic nitrogens is 3. The zero-order valence-electron chi connectivity index (χ0n) is 11.7. The second kappa shape index (κ2) is 5.73. The standard InChI is InChI=1S/C15H20N4O/c1-11-17-18-15(19(11)13-7-8-13)9-16-14(10-20)12-5-3-2-4-6-12/h2-6,13-14,16,20H,7-10H2,1H3. The number of rotatable bonds is 6. The molecule has 1 fully saturated rings. The van der Waals surface area contributed by atoms with Crippen LogP contribution >= 0.6 is 0 Å². The minimum Gasteiger partial charge on any atom is -0.394 e. The van der Waals surface area contributed by atoms with Gasteiger partial charge in [0.2, 0.25) is 0 Å². The first-order chi connectivity index (χ1) is 9.79. The average molecular weight is 272 g/mol. The zero-order chi connectivity index (χ0) is 13.9. The Labute approximate surface area is 118 Å². The lowest BCUT2D eigenvalue weighted by Gasteiger charge is -2.17. The van der Waals surface area contributed by atoms with Gasteiger partial charge in [-0.3, -0.25) is 0 Å². The number of nitrogens with zero attached hydrogens (tertiary/aromatic N) is 3. The lowest BCUT2D eigenvalue weighted by molar-refractivity contribution is 0.242. The van der Waals surface area contributed by atoms with Gasteiger partial charge < -0.3 is 15.0 Å². The molecular formula is C15H20N4O. The van der Waals surface area contributed by atoms with Crippen LogP contribution in [0.25, 0.3) is 0 Å². The average Bonchev–Trinajstić information content (AvgIpc) is 3.25. The highest BCUT2D eigenvalue weighted by Crippen LogP contribution is 2.36. The van der Waals surface area contributed by atoms with Gasteiger partial charge in [-0.1, -0.05) is 30.3 Å². The topological polar surface area (TPSA) is 63.0 Å². The molecule has 1 aromatic heterocycles. The van der Waals surface area contributed by atoms with E-state index in [1.54, 1.807) is 0 Å². The number of hydrogen-bond acceptors (Lipinski definition) is 4. The molecule has 0 bridgehead atoms. The highest BCUT2D eigenvalue weighted by Gasteiger charge is 2.28. The van der Waals surface area contributed by atoms with Gasteiger partial charge in [-0.2, -0.15) is 0 Å². The summed E-state index contributed by atoms with van der Waals surface area (Å²) in [6.07, 6.45) is 2.43. The van der Waals surface area contributed by atoms with E-state index in [0.29, 0.717) is 12.6 Å². The second-order valence-electron chi connectivity index (χ2n) is 5.29. The van der Waals surface area contributed by atoms with Gasteiger partial charge >= 0.3 is 0 Å². The lowest BCUT2D eigenvalue weighted by atomic mass is 10.1. The number of hydrogen-bond donors (Lipinski definition) is 2. The highest BCUT2D eigenvalue weighted by molar-refractivity contribution is 5.19. The molecule has 1 aliphatic carbocycles. The normalized spacial score (nSPS) is 16.3. The maximum Gasteiger partial charge on any atom is 0.147 e. The predicted molar refractivity (Wildman–Crippen MR) is 76.1 cm³/mol. The van der Waals surface area contributed by atoms with E-state index in [4.69, 9.17) is 0 Å². The first-order valence-electron chi connectivity index (χ1n) is 7.09. The molecule has 106 valence electrons. The Kier molecular flexibility index (Phi) is 3.80. The summed E-state index contributed by atoms with van der Waals surface area (Å²) in [6.45, 7) is 2.69. The summed E-state index contributed by atoms with van der Waals surface area (Å²) in [5.74, 6) is 1.93. The van der Waals surface area contributed by atoms with Crippen LogP contribution in [0.15, 0.2) is 30.3 Å². The third kappa shape index (κ3) is 2.73. The van der Waals surface area contributed by atoms with Crippen LogP contribution < -0.4 is 5.32 Å². The molecule has 0 aliphatic heterocycles. The third-order valence-corrected chi connectivity index (χ3v) is 3.74. The van der Waals surface area contributed by atoms with Gasteiger partial charge in [0.05, 0.1) is 19.2 Å². The van der Waals surface area contributed by atoms with E-state index < -0.39 is 0 Å². The van der Waals surface area contributed by atoms with Crippen molar-refractivity contribution in [2.24, 2.45) is 0 Å². The van der Waals surface area contributed by atoms with Gasteiger partial charge in [-0.05, 0) is 25.3 Å². The van der Waals surface area contributed by atoms with E-state index in [0.717, 1.165) is 17.2 Å². The van der Waals surface area contributed by atoms with Crippen molar-refractivity contribution < 1.29 is 5.11 Å². The summed E-state index contributed by atoms with van der Waals surface area (Å²) in [4.78, 5) is 0. The van der Waals surface area contributed by atoms with Crippen molar-refractivity contribution in [3.8, 4) is 0 Å². The molecule has 20 heavy (non-hydrogen) atoms. The fraction of sp³-hybridized carbons (Fsp3) is 0.467. The SMILES string of the molecule is Cc1nnc(CNC(CO)c2ccccc2)n1C1CC1. The van der Waals surface area contributed by atoms with Gasteiger partial charge in [0.15, 0.2) is 0 Å². The summed E-state index contributed by atoms with van der Waals surface area (Å²) in [5.41, 5.74) is 1.09. The van der Waals surface area contributed by atoms with Crippen LogP contribution in [0.2, 0.25) is 0 Å². The molecule has 0 spiro atoms. The van der Waals surface area contributed by atoms with Gasteiger partial charge in [0, 0.05) is 6.04 Å². The minimum absolute atomic E-state index is 0.0686. The zero-order valence-corrected chi connectivity index (χ0v) is 11.7. The van der Waals surface area contributed by atoms with Crippen molar-refractivity contribution in [2.75, 3.05) is 6.61 Å². The van der Waals surface area contributed by atoms with E-state index in [1.165, 1.54) is 12.8 Å². The molecule has 3 rings (SSSR count). The third-order valence-electron chi connectivity index (χ3n) is 3.74. The minimum atomic E-state index is -0.0686. The van der Waals surface area contributed by atoms with Gasteiger partial charge in [0.25, 0.3) is 0 Å². The van der Waals surface area contributed by atoms with Crippen molar-refractivity contribution in [2.45, 2.75) is 38.4 Å². The molecule has 1 heterocycles. The summed E-state index contributed by atoms with van der Waals surface area (Å²) < 4.78 is 2.21.